The fourth-order valence-corrected chi connectivity index (χ4v) is 2.48. The Kier molecular flexibility index (Phi) is 4.33. The van der Waals surface area contributed by atoms with Crippen LogP contribution in [0.2, 0.25) is 0 Å². The maximum absolute atomic E-state index is 8.94. The third-order valence-corrected chi connectivity index (χ3v) is 3.66. The van der Waals surface area contributed by atoms with Crippen molar-refractivity contribution in [1.29, 1.82) is 0 Å². The van der Waals surface area contributed by atoms with Gasteiger partial charge in [-0.25, -0.2) is 0 Å². The summed E-state index contributed by atoms with van der Waals surface area (Å²) in [6.45, 7) is 8.50. The minimum atomic E-state index is -0.0497. The first-order chi connectivity index (χ1) is 9.41. The number of oxime groups is 1. The molecule has 4 heteroatoms. The highest BCUT2D eigenvalue weighted by atomic mass is 16.6. The molecule has 1 fully saturated rings. The Morgan fingerprint density at radius 3 is 2.85 bits per heavy atom. The topological polar surface area (TPSA) is 51.1 Å². The van der Waals surface area contributed by atoms with Gasteiger partial charge in [-0.15, -0.1) is 0 Å². The molecule has 1 unspecified atom stereocenters. The number of aryl methyl sites for hydroxylation is 1. The van der Waals surface area contributed by atoms with Gasteiger partial charge in [-0.05, 0) is 58.2 Å². The SMILES string of the molecule is C/C(=N/O)c1ccc(C)cc1OCC1CCC(C)(C)O1. The van der Waals surface area contributed by atoms with Gasteiger partial charge >= 0.3 is 0 Å². The van der Waals surface area contributed by atoms with E-state index in [-0.39, 0.29) is 11.7 Å². The van der Waals surface area contributed by atoms with Crippen molar-refractivity contribution in [3.63, 3.8) is 0 Å². The second kappa shape index (κ2) is 5.83. The third-order valence-electron chi connectivity index (χ3n) is 3.66. The fraction of sp³-hybridized carbons (Fsp3) is 0.562. The zero-order valence-corrected chi connectivity index (χ0v) is 12.6. The van der Waals surface area contributed by atoms with E-state index in [4.69, 9.17) is 14.7 Å². The summed E-state index contributed by atoms with van der Waals surface area (Å²) in [5.41, 5.74) is 2.43. The Morgan fingerprint density at radius 2 is 2.25 bits per heavy atom. The zero-order valence-electron chi connectivity index (χ0n) is 12.6. The summed E-state index contributed by atoms with van der Waals surface area (Å²) >= 11 is 0. The first-order valence-electron chi connectivity index (χ1n) is 7.01. The van der Waals surface area contributed by atoms with Crippen LogP contribution >= 0.6 is 0 Å². The van der Waals surface area contributed by atoms with E-state index in [0.29, 0.717) is 12.3 Å². The molecule has 20 heavy (non-hydrogen) atoms. The van der Waals surface area contributed by atoms with E-state index in [1.54, 1.807) is 6.92 Å². The lowest BCUT2D eigenvalue weighted by atomic mass is 10.1. The molecule has 1 aromatic rings. The van der Waals surface area contributed by atoms with Crippen LogP contribution in [0.3, 0.4) is 0 Å². The van der Waals surface area contributed by atoms with Gasteiger partial charge in [0.25, 0.3) is 0 Å². The number of hydrogen-bond donors (Lipinski definition) is 1. The monoisotopic (exact) mass is 277 g/mol. The van der Waals surface area contributed by atoms with Gasteiger partial charge in [-0.2, -0.15) is 0 Å². The van der Waals surface area contributed by atoms with Crippen molar-refractivity contribution in [1.82, 2.24) is 0 Å². The second-order valence-electron chi connectivity index (χ2n) is 6.03. The molecular formula is C16H23NO3. The minimum Gasteiger partial charge on any atom is -0.490 e. The quantitative estimate of drug-likeness (QED) is 0.520. The van der Waals surface area contributed by atoms with Gasteiger partial charge < -0.3 is 14.7 Å². The molecule has 0 saturated carbocycles. The Bertz CT molecular complexity index is 508. The average Bonchev–Trinajstić information content (AvgIpc) is 2.75. The minimum absolute atomic E-state index is 0.0497. The molecule has 0 aliphatic carbocycles. The largest absolute Gasteiger partial charge is 0.490 e. The number of hydrogen-bond acceptors (Lipinski definition) is 4. The van der Waals surface area contributed by atoms with Crippen molar-refractivity contribution in [2.45, 2.75) is 52.2 Å². The van der Waals surface area contributed by atoms with Gasteiger partial charge in [0.15, 0.2) is 0 Å². The van der Waals surface area contributed by atoms with Crippen LogP contribution in [-0.4, -0.2) is 29.2 Å². The van der Waals surface area contributed by atoms with Crippen LogP contribution in [-0.2, 0) is 4.74 Å². The normalized spacial score (nSPS) is 22.0. The van der Waals surface area contributed by atoms with Crippen LogP contribution in [0.5, 0.6) is 5.75 Å². The summed E-state index contributed by atoms with van der Waals surface area (Å²) in [6, 6.07) is 5.86. The van der Waals surface area contributed by atoms with Crippen molar-refractivity contribution in [3.8, 4) is 5.75 Å². The lowest BCUT2D eigenvalue weighted by Gasteiger charge is -2.20. The molecule has 1 heterocycles. The molecule has 1 N–H and O–H groups in total. The predicted octanol–water partition coefficient (Wildman–Crippen LogP) is 3.53. The lowest BCUT2D eigenvalue weighted by molar-refractivity contribution is -0.0326. The third kappa shape index (κ3) is 3.51. The molecule has 1 aromatic carbocycles. The smallest absolute Gasteiger partial charge is 0.128 e. The van der Waals surface area contributed by atoms with Crippen molar-refractivity contribution >= 4 is 5.71 Å². The van der Waals surface area contributed by atoms with E-state index in [1.165, 1.54) is 0 Å². The molecule has 0 radical (unpaired) electrons. The van der Waals surface area contributed by atoms with Crippen molar-refractivity contribution < 1.29 is 14.7 Å². The first kappa shape index (κ1) is 14.9. The zero-order chi connectivity index (χ0) is 14.8. The summed E-state index contributed by atoms with van der Waals surface area (Å²) in [5, 5.41) is 12.2. The summed E-state index contributed by atoms with van der Waals surface area (Å²) < 4.78 is 11.8. The van der Waals surface area contributed by atoms with E-state index in [2.05, 4.69) is 19.0 Å². The van der Waals surface area contributed by atoms with Crippen LogP contribution in [0.25, 0.3) is 0 Å². The van der Waals surface area contributed by atoms with Crippen LogP contribution in [0.1, 0.15) is 44.7 Å². The number of rotatable bonds is 4. The summed E-state index contributed by atoms with van der Waals surface area (Å²) in [4.78, 5) is 0. The molecule has 0 amide bonds. The molecule has 0 aromatic heterocycles. The van der Waals surface area contributed by atoms with Crippen LogP contribution < -0.4 is 4.74 Å². The molecule has 1 atom stereocenters. The molecule has 2 rings (SSSR count). The van der Waals surface area contributed by atoms with Gasteiger partial charge in [-0.3, -0.25) is 0 Å². The highest BCUT2D eigenvalue weighted by Crippen LogP contribution is 2.30. The Hall–Kier alpha value is -1.55. The summed E-state index contributed by atoms with van der Waals surface area (Å²) in [5.74, 6) is 0.744. The average molecular weight is 277 g/mol. The van der Waals surface area contributed by atoms with Crippen molar-refractivity contribution in [3.05, 3.63) is 29.3 Å². The van der Waals surface area contributed by atoms with Crippen LogP contribution in [0, 0.1) is 6.92 Å². The van der Waals surface area contributed by atoms with Gasteiger partial charge in [0.1, 0.15) is 12.4 Å². The molecule has 1 aliphatic rings. The Labute approximate surface area is 120 Å². The van der Waals surface area contributed by atoms with Gasteiger partial charge in [0, 0.05) is 5.56 Å². The van der Waals surface area contributed by atoms with Gasteiger partial charge in [0.05, 0.1) is 17.4 Å². The van der Waals surface area contributed by atoms with E-state index in [0.717, 1.165) is 29.7 Å². The molecule has 110 valence electrons. The van der Waals surface area contributed by atoms with E-state index < -0.39 is 0 Å². The second-order valence-corrected chi connectivity index (χ2v) is 6.03. The highest BCUT2D eigenvalue weighted by Gasteiger charge is 2.32. The standard InChI is InChI=1S/C16H23NO3/c1-11-5-6-14(12(2)17-18)15(9-11)19-10-13-7-8-16(3,4)20-13/h5-6,9,13,18H,7-8,10H2,1-4H3/b17-12-. The Morgan fingerprint density at radius 1 is 1.50 bits per heavy atom. The number of nitrogens with zero attached hydrogens (tertiary/aromatic N) is 1. The molecule has 0 spiro atoms. The lowest BCUT2D eigenvalue weighted by Crippen LogP contribution is -2.24. The highest BCUT2D eigenvalue weighted by molar-refractivity contribution is 6.00. The van der Waals surface area contributed by atoms with Crippen molar-refractivity contribution in [2.75, 3.05) is 6.61 Å². The number of ether oxygens (including phenoxy) is 2. The maximum Gasteiger partial charge on any atom is 0.128 e. The van der Waals surface area contributed by atoms with E-state index in [1.807, 2.05) is 25.1 Å². The maximum atomic E-state index is 8.94. The van der Waals surface area contributed by atoms with Crippen LogP contribution in [0.4, 0.5) is 0 Å². The molecule has 1 aliphatic heterocycles. The summed E-state index contributed by atoms with van der Waals surface area (Å²) in [6.07, 6.45) is 2.20. The first-order valence-corrected chi connectivity index (χ1v) is 7.01. The molecular weight excluding hydrogens is 254 g/mol. The van der Waals surface area contributed by atoms with Crippen molar-refractivity contribution in [2.24, 2.45) is 5.16 Å². The van der Waals surface area contributed by atoms with Gasteiger partial charge in [-0.1, -0.05) is 11.2 Å². The Balaban J connectivity index is 2.07. The fourth-order valence-electron chi connectivity index (χ4n) is 2.48. The molecule has 0 bridgehead atoms. The molecule has 4 nitrogen and oxygen atoms in total. The number of benzene rings is 1. The van der Waals surface area contributed by atoms with E-state index in [9.17, 15) is 0 Å². The van der Waals surface area contributed by atoms with Crippen LogP contribution in [0.15, 0.2) is 23.4 Å². The summed E-state index contributed by atoms with van der Waals surface area (Å²) in [7, 11) is 0. The van der Waals surface area contributed by atoms with Gasteiger partial charge in [0.2, 0.25) is 0 Å². The predicted molar refractivity (Wildman–Crippen MR) is 78.9 cm³/mol. The molecule has 1 saturated heterocycles. The van der Waals surface area contributed by atoms with E-state index >= 15 is 0 Å².